The van der Waals surface area contributed by atoms with E-state index in [1.54, 1.807) is 5.56 Å². The van der Waals surface area contributed by atoms with Gasteiger partial charge < -0.3 is 0 Å². The maximum absolute atomic E-state index is 2.47. The molecule has 106 valence electrons. The van der Waals surface area contributed by atoms with Crippen molar-refractivity contribution in [2.45, 2.75) is 66.2 Å². The smallest absolute Gasteiger partial charge is 0.00700 e. The third-order valence-electron chi connectivity index (χ3n) is 5.47. The highest BCUT2D eigenvalue weighted by Gasteiger charge is 2.38. The maximum atomic E-state index is 2.47. The van der Waals surface area contributed by atoms with E-state index in [1.807, 2.05) is 0 Å². The van der Waals surface area contributed by atoms with Crippen LogP contribution in [0.4, 0.5) is 0 Å². The molecule has 1 aromatic rings. The van der Waals surface area contributed by atoms with Crippen LogP contribution < -0.4 is 0 Å². The predicted octanol–water partition coefficient (Wildman–Crippen LogP) is 5.65. The molecule has 0 amide bonds. The zero-order valence-corrected chi connectivity index (χ0v) is 13.6. The van der Waals surface area contributed by atoms with Crippen molar-refractivity contribution in [3.8, 4) is 0 Å². The average molecular weight is 258 g/mol. The summed E-state index contributed by atoms with van der Waals surface area (Å²) in [6, 6.07) is 6.95. The van der Waals surface area contributed by atoms with Crippen LogP contribution in [-0.2, 0) is 5.41 Å². The normalized spacial score (nSPS) is 28.4. The Kier molecular flexibility index (Phi) is 4.08. The SMILES string of the molecule is Cc1ccc(C)c(C(C)(C)C2CC(C)CCC2C)c1. The summed E-state index contributed by atoms with van der Waals surface area (Å²) >= 11 is 0. The van der Waals surface area contributed by atoms with Crippen LogP contribution in [0.15, 0.2) is 18.2 Å². The van der Waals surface area contributed by atoms with Gasteiger partial charge in [0.2, 0.25) is 0 Å². The van der Waals surface area contributed by atoms with Gasteiger partial charge in [-0.05, 0) is 54.6 Å². The molecular formula is C19H30. The molecule has 0 heterocycles. The minimum atomic E-state index is 0.296. The van der Waals surface area contributed by atoms with Gasteiger partial charge in [-0.15, -0.1) is 0 Å². The van der Waals surface area contributed by atoms with E-state index in [4.69, 9.17) is 0 Å². The second-order valence-corrected chi connectivity index (χ2v) is 7.54. The zero-order valence-electron chi connectivity index (χ0n) is 13.6. The summed E-state index contributed by atoms with van der Waals surface area (Å²) < 4.78 is 0. The van der Waals surface area contributed by atoms with E-state index < -0.39 is 0 Å². The van der Waals surface area contributed by atoms with Crippen molar-refractivity contribution in [3.05, 3.63) is 34.9 Å². The van der Waals surface area contributed by atoms with Gasteiger partial charge in [-0.2, -0.15) is 0 Å². The zero-order chi connectivity index (χ0) is 14.2. The topological polar surface area (TPSA) is 0 Å². The lowest BCUT2D eigenvalue weighted by atomic mass is 9.60. The van der Waals surface area contributed by atoms with E-state index in [0.29, 0.717) is 5.41 Å². The lowest BCUT2D eigenvalue weighted by Gasteiger charge is -2.44. The van der Waals surface area contributed by atoms with Gasteiger partial charge in [0.25, 0.3) is 0 Å². The van der Waals surface area contributed by atoms with Crippen molar-refractivity contribution >= 4 is 0 Å². The molecule has 0 aromatic heterocycles. The molecule has 0 bridgehead atoms. The number of aryl methyl sites for hydroxylation is 2. The Balaban J connectivity index is 2.37. The van der Waals surface area contributed by atoms with Gasteiger partial charge >= 0.3 is 0 Å². The molecule has 0 nitrogen and oxygen atoms in total. The molecule has 0 saturated heterocycles. The van der Waals surface area contributed by atoms with Crippen LogP contribution in [0.2, 0.25) is 0 Å². The summed E-state index contributed by atoms with van der Waals surface area (Å²) in [5.74, 6) is 2.56. The first-order valence-electron chi connectivity index (χ1n) is 7.90. The third kappa shape index (κ3) is 2.88. The quantitative estimate of drug-likeness (QED) is 0.642. The second-order valence-electron chi connectivity index (χ2n) is 7.54. The molecule has 0 N–H and O–H groups in total. The van der Waals surface area contributed by atoms with Crippen LogP contribution in [0.5, 0.6) is 0 Å². The maximum Gasteiger partial charge on any atom is -0.00700 e. The number of rotatable bonds is 2. The van der Waals surface area contributed by atoms with Gasteiger partial charge in [0.1, 0.15) is 0 Å². The summed E-state index contributed by atoms with van der Waals surface area (Å²) in [7, 11) is 0. The Morgan fingerprint density at radius 2 is 1.74 bits per heavy atom. The largest absolute Gasteiger partial charge is 0.0625 e. The number of hydrogen-bond donors (Lipinski definition) is 0. The molecule has 19 heavy (non-hydrogen) atoms. The molecule has 1 aliphatic carbocycles. The summed E-state index contributed by atoms with van der Waals surface area (Å²) in [5.41, 5.74) is 4.72. The highest BCUT2D eigenvalue weighted by atomic mass is 14.4. The van der Waals surface area contributed by atoms with Crippen molar-refractivity contribution in [1.82, 2.24) is 0 Å². The molecule has 0 spiro atoms. The first-order valence-corrected chi connectivity index (χ1v) is 7.90. The van der Waals surface area contributed by atoms with Gasteiger partial charge in [0.05, 0.1) is 0 Å². The van der Waals surface area contributed by atoms with Crippen LogP contribution in [-0.4, -0.2) is 0 Å². The van der Waals surface area contributed by atoms with Crippen LogP contribution in [0.25, 0.3) is 0 Å². The summed E-state index contributed by atoms with van der Waals surface area (Å²) in [4.78, 5) is 0. The predicted molar refractivity (Wildman–Crippen MR) is 84.6 cm³/mol. The molecule has 3 atom stereocenters. The molecule has 2 rings (SSSR count). The molecule has 3 unspecified atom stereocenters. The Morgan fingerprint density at radius 3 is 2.42 bits per heavy atom. The van der Waals surface area contributed by atoms with E-state index in [-0.39, 0.29) is 0 Å². The van der Waals surface area contributed by atoms with Crippen molar-refractivity contribution < 1.29 is 0 Å². The Hall–Kier alpha value is -0.780. The van der Waals surface area contributed by atoms with E-state index in [9.17, 15) is 0 Å². The molecular weight excluding hydrogens is 228 g/mol. The fraction of sp³-hybridized carbons (Fsp3) is 0.684. The summed E-state index contributed by atoms with van der Waals surface area (Å²) in [6.07, 6.45) is 4.21. The molecule has 1 saturated carbocycles. The number of benzene rings is 1. The minimum Gasteiger partial charge on any atom is -0.0625 e. The Morgan fingerprint density at radius 1 is 1.05 bits per heavy atom. The molecule has 0 radical (unpaired) electrons. The first-order chi connectivity index (χ1) is 8.82. The monoisotopic (exact) mass is 258 g/mol. The van der Waals surface area contributed by atoms with Gasteiger partial charge in [-0.25, -0.2) is 0 Å². The fourth-order valence-electron chi connectivity index (χ4n) is 4.17. The van der Waals surface area contributed by atoms with E-state index >= 15 is 0 Å². The standard InChI is InChI=1S/C19H30/c1-13-7-9-15(3)17(11-13)19(5,6)18-12-14(2)8-10-16(18)4/h7,9,11,14,16,18H,8,10,12H2,1-6H3. The van der Waals surface area contributed by atoms with Gasteiger partial charge in [0, 0.05) is 0 Å². The van der Waals surface area contributed by atoms with Crippen LogP contribution >= 0.6 is 0 Å². The molecule has 0 aliphatic heterocycles. The molecule has 0 heteroatoms. The van der Waals surface area contributed by atoms with Crippen molar-refractivity contribution in [2.24, 2.45) is 17.8 Å². The highest BCUT2D eigenvalue weighted by Crippen LogP contribution is 2.46. The lowest BCUT2D eigenvalue weighted by Crippen LogP contribution is -2.37. The number of hydrogen-bond acceptors (Lipinski definition) is 0. The summed E-state index contributed by atoms with van der Waals surface area (Å²) in [5, 5.41) is 0. The van der Waals surface area contributed by atoms with Crippen LogP contribution in [0, 0.1) is 31.6 Å². The Bertz CT molecular complexity index is 441. The second kappa shape index (κ2) is 5.31. The van der Waals surface area contributed by atoms with Gasteiger partial charge in [-0.1, -0.05) is 64.3 Å². The molecule has 1 aliphatic rings. The van der Waals surface area contributed by atoms with E-state index in [0.717, 1.165) is 17.8 Å². The van der Waals surface area contributed by atoms with E-state index in [2.05, 4.69) is 59.7 Å². The van der Waals surface area contributed by atoms with Crippen LogP contribution in [0.3, 0.4) is 0 Å². The van der Waals surface area contributed by atoms with Gasteiger partial charge in [0.15, 0.2) is 0 Å². The van der Waals surface area contributed by atoms with E-state index in [1.165, 1.54) is 30.4 Å². The average Bonchev–Trinajstić information content (AvgIpc) is 2.35. The Labute approximate surface area is 119 Å². The third-order valence-corrected chi connectivity index (χ3v) is 5.47. The van der Waals surface area contributed by atoms with Crippen LogP contribution in [0.1, 0.15) is 63.6 Å². The molecule has 1 aromatic carbocycles. The lowest BCUT2D eigenvalue weighted by molar-refractivity contribution is 0.129. The van der Waals surface area contributed by atoms with Gasteiger partial charge in [-0.3, -0.25) is 0 Å². The first kappa shape index (κ1) is 14.6. The minimum absolute atomic E-state index is 0.296. The van der Waals surface area contributed by atoms with Crippen molar-refractivity contribution in [3.63, 3.8) is 0 Å². The summed E-state index contributed by atoms with van der Waals surface area (Å²) in [6.45, 7) is 14.3. The highest BCUT2D eigenvalue weighted by molar-refractivity contribution is 5.36. The van der Waals surface area contributed by atoms with Crippen molar-refractivity contribution in [2.75, 3.05) is 0 Å². The van der Waals surface area contributed by atoms with Crippen molar-refractivity contribution in [1.29, 1.82) is 0 Å². The fourth-order valence-corrected chi connectivity index (χ4v) is 4.17. The molecule has 1 fully saturated rings.